The molecule has 97 heavy (non-hydrogen) atoms. The zero-order valence-corrected chi connectivity index (χ0v) is 60.9. The number of ketones is 3. The summed E-state index contributed by atoms with van der Waals surface area (Å²) in [6, 6.07) is 26.8. The number of aromatic nitrogens is 3. The average Bonchev–Trinajstić information content (AvgIpc) is 1.60. The molecule has 0 aliphatic carbocycles. The van der Waals surface area contributed by atoms with Crippen LogP contribution in [0.15, 0.2) is 107 Å². The van der Waals surface area contributed by atoms with E-state index in [1.165, 1.54) is 42.5 Å². The molecular weight excluding hydrogens is 1340 g/mol. The van der Waals surface area contributed by atoms with Gasteiger partial charge in [0.05, 0.1) is 45.1 Å². The number of hydrogen-bond acceptors (Lipinski definition) is 13. The van der Waals surface area contributed by atoms with Gasteiger partial charge in [-0.15, -0.1) is 21.5 Å². The second kappa shape index (κ2) is 38.6. The molecule has 0 radical (unpaired) electrons. The number of aryl methyl sites for hydroxylation is 2. The maximum atomic E-state index is 14.5. The highest BCUT2D eigenvalue weighted by Crippen LogP contribution is 2.40. The summed E-state index contributed by atoms with van der Waals surface area (Å²) in [7, 11) is 0. The Hall–Kier alpha value is -5.89. The maximum absolute atomic E-state index is 14.5. The van der Waals surface area contributed by atoms with E-state index in [-0.39, 0.29) is 42.9 Å². The molecule has 2 amide bonds. The molecule has 3 aliphatic heterocycles. The van der Waals surface area contributed by atoms with Crippen LogP contribution in [0.1, 0.15) is 172 Å². The lowest BCUT2D eigenvalue weighted by molar-refractivity contribution is -0.133. The van der Waals surface area contributed by atoms with Gasteiger partial charge in [-0.1, -0.05) is 164 Å². The van der Waals surface area contributed by atoms with Gasteiger partial charge in [0.1, 0.15) is 28.4 Å². The molecule has 2 aromatic heterocycles. The summed E-state index contributed by atoms with van der Waals surface area (Å²) in [5.74, 6) is 1.74. The number of rotatable bonds is 37. The van der Waals surface area contributed by atoms with E-state index in [0.29, 0.717) is 117 Å². The van der Waals surface area contributed by atoms with Crippen molar-refractivity contribution in [1.82, 2.24) is 40.1 Å². The molecule has 2 fully saturated rings. The number of ether oxygens (including phenoxy) is 1. The van der Waals surface area contributed by atoms with Gasteiger partial charge in [0, 0.05) is 117 Å². The van der Waals surface area contributed by atoms with E-state index in [1.54, 1.807) is 64.8 Å². The lowest BCUT2D eigenvalue weighted by Gasteiger charge is -2.34. The number of aliphatic imine (C=N–C) groups is 1. The van der Waals surface area contributed by atoms with Crippen molar-refractivity contribution in [3.63, 3.8) is 0 Å². The van der Waals surface area contributed by atoms with Crippen molar-refractivity contribution in [3.8, 4) is 5.00 Å². The Morgan fingerprint density at radius 1 is 0.629 bits per heavy atom. The van der Waals surface area contributed by atoms with Crippen molar-refractivity contribution < 1.29 is 28.7 Å². The molecule has 21 heteroatoms. The number of fused-ring (bicyclic) bond motifs is 3. The Balaban J connectivity index is 0.566. The molecule has 0 spiro atoms. The molecular formula is C76H92Cl5N9O6S. The first-order valence-electron chi connectivity index (χ1n) is 34.6. The SMILES string of the molecule is Cc1sc2c(c1C)C(c1ccc(Cl)cc1)=N[C@@H](CC(=O)CCCN1CCN(CCCCC(=O)CCCCCCCCCCCCC(=O)NCCOCCN[C@@H](Cc3ccccc3)C(=O)N3C/C(=C\c4ccc(Cl)c(Cl)c4)C(=O)/C(=C/c4ccc(Cl)c(Cl)c4)C3)CC1)c1nnc(C)n1-2. The fourth-order valence-corrected chi connectivity index (χ4v) is 14.8. The highest BCUT2D eigenvalue weighted by atomic mass is 35.5. The number of piperazine rings is 1. The Morgan fingerprint density at radius 2 is 1.19 bits per heavy atom. The quantitative estimate of drug-likeness (QED) is 0.0281. The molecule has 4 aromatic carbocycles. The molecule has 2 N–H and O–H groups in total. The third-order valence-corrected chi connectivity index (χ3v) is 21.4. The number of benzene rings is 4. The Morgan fingerprint density at radius 3 is 1.79 bits per heavy atom. The summed E-state index contributed by atoms with van der Waals surface area (Å²) in [6.07, 6.45) is 20.3. The van der Waals surface area contributed by atoms with E-state index >= 15 is 0 Å². The number of likely N-dealkylation sites (tertiary alicyclic amines) is 1. The van der Waals surface area contributed by atoms with Gasteiger partial charge >= 0.3 is 0 Å². The summed E-state index contributed by atoms with van der Waals surface area (Å²) in [5, 5.41) is 18.6. The fraction of sp³-hybridized carbons (Fsp3) is 0.474. The summed E-state index contributed by atoms with van der Waals surface area (Å²) in [4.78, 5) is 80.7. The summed E-state index contributed by atoms with van der Waals surface area (Å²) in [6.45, 7) is 13.8. The topological polar surface area (TPSA) is 171 Å². The number of halogens is 5. The van der Waals surface area contributed by atoms with Gasteiger partial charge in [0.25, 0.3) is 0 Å². The Labute approximate surface area is 601 Å². The number of carbonyl (C=O) groups is 5. The summed E-state index contributed by atoms with van der Waals surface area (Å²) >= 11 is 33.1. The van der Waals surface area contributed by atoms with Crippen molar-refractivity contribution >= 4 is 116 Å². The van der Waals surface area contributed by atoms with E-state index in [9.17, 15) is 24.0 Å². The molecule has 0 saturated carbocycles. The van der Waals surface area contributed by atoms with E-state index in [1.807, 2.05) is 61.5 Å². The molecule has 0 bridgehead atoms. The number of nitrogens with one attached hydrogen (secondary N) is 2. The van der Waals surface area contributed by atoms with Crippen molar-refractivity contribution in [2.45, 2.75) is 155 Å². The summed E-state index contributed by atoms with van der Waals surface area (Å²) in [5.41, 5.74) is 7.25. The molecule has 5 heterocycles. The van der Waals surface area contributed by atoms with Crippen LogP contribution in [-0.4, -0.2) is 149 Å². The van der Waals surface area contributed by atoms with Crippen LogP contribution >= 0.6 is 69.3 Å². The minimum atomic E-state index is -0.620. The van der Waals surface area contributed by atoms with Crippen LogP contribution in [0.2, 0.25) is 25.1 Å². The first-order chi connectivity index (χ1) is 47.0. The van der Waals surface area contributed by atoms with Crippen molar-refractivity contribution in [1.29, 1.82) is 0 Å². The number of unbranched alkanes of at least 4 members (excludes halogenated alkanes) is 10. The Bertz CT molecular complexity index is 3660. The molecule has 2 atom stereocenters. The van der Waals surface area contributed by atoms with Crippen LogP contribution < -0.4 is 10.6 Å². The zero-order valence-electron chi connectivity index (χ0n) is 56.3. The Kier molecular flexibility index (Phi) is 30.0. The minimum absolute atomic E-state index is 0.0223. The highest BCUT2D eigenvalue weighted by Gasteiger charge is 2.35. The predicted molar refractivity (Wildman–Crippen MR) is 396 cm³/mol. The standard InChI is InChI=1S/C76H92Cl5N9O6S/c1-52-53(2)97-76-71(52)72(58-28-30-61(77)31-29-58)84-68(74-86-85-54(3)90(74)76)49-63(92)24-19-37-88-40-38-87(39-41-88)36-18-17-23-62(91)22-15-10-8-6-4-5-7-9-11-16-25-70(93)83-35-43-96-42-34-82-69(48-55-20-13-12-14-21-55)75(95)89-50-59(44-56-26-32-64(78)66(80)46-56)73(94)60(51-89)45-57-27-33-65(79)67(81)47-57/h12-14,20-21,26-33,44-47,68-69,82H,4-11,15-19,22-25,34-43,48-51H2,1-3H3,(H,83,93)/b59-44+,60-45+/t68-,69-/m0/s1. The highest BCUT2D eigenvalue weighted by molar-refractivity contribution is 7.15. The summed E-state index contributed by atoms with van der Waals surface area (Å²) < 4.78 is 8.00. The van der Waals surface area contributed by atoms with E-state index in [4.69, 9.17) is 67.7 Å². The molecule has 9 rings (SSSR count). The van der Waals surface area contributed by atoms with Crippen LogP contribution in [0, 0.1) is 20.8 Å². The number of Topliss-reactive ketones (excluding diaryl/α,β-unsaturated/α-hetero) is 3. The van der Waals surface area contributed by atoms with E-state index < -0.39 is 12.1 Å². The van der Waals surface area contributed by atoms with Crippen LogP contribution in [0.5, 0.6) is 0 Å². The number of thiophene rings is 1. The van der Waals surface area contributed by atoms with Crippen LogP contribution in [0.3, 0.4) is 0 Å². The number of amides is 2. The molecule has 15 nitrogen and oxygen atoms in total. The van der Waals surface area contributed by atoms with E-state index in [2.05, 4.69) is 49.0 Å². The van der Waals surface area contributed by atoms with Crippen molar-refractivity contribution in [3.05, 3.63) is 177 Å². The lowest BCUT2D eigenvalue weighted by Crippen LogP contribution is -2.52. The van der Waals surface area contributed by atoms with Gasteiger partial charge in [0.15, 0.2) is 11.6 Å². The first-order valence-corrected chi connectivity index (χ1v) is 37.3. The third kappa shape index (κ3) is 22.8. The van der Waals surface area contributed by atoms with Gasteiger partial charge < -0.3 is 30.1 Å². The smallest absolute Gasteiger partial charge is 0.240 e. The third-order valence-electron chi connectivity index (χ3n) is 18.4. The predicted octanol–water partition coefficient (Wildman–Crippen LogP) is 16.1. The van der Waals surface area contributed by atoms with Crippen molar-refractivity contribution in [2.75, 3.05) is 78.7 Å². The second-order valence-corrected chi connectivity index (χ2v) is 29.1. The van der Waals surface area contributed by atoms with Crippen LogP contribution in [0.4, 0.5) is 0 Å². The second-order valence-electron chi connectivity index (χ2n) is 25.8. The van der Waals surface area contributed by atoms with Gasteiger partial charge in [-0.25, -0.2) is 0 Å². The molecule has 6 aromatic rings. The molecule has 518 valence electrons. The minimum Gasteiger partial charge on any atom is -0.378 e. The zero-order chi connectivity index (χ0) is 68.6. The van der Waals surface area contributed by atoms with Crippen LogP contribution in [-0.2, 0) is 35.1 Å². The van der Waals surface area contributed by atoms with Gasteiger partial charge in [0.2, 0.25) is 11.8 Å². The number of nitrogens with zero attached hydrogens (tertiary/aromatic N) is 7. The van der Waals surface area contributed by atoms with Gasteiger partial charge in [-0.2, -0.15) is 0 Å². The largest absolute Gasteiger partial charge is 0.378 e. The van der Waals surface area contributed by atoms with Crippen molar-refractivity contribution in [2.24, 2.45) is 4.99 Å². The number of piperidine rings is 1. The number of hydrogen-bond donors (Lipinski definition) is 2. The lowest BCUT2D eigenvalue weighted by atomic mass is 9.93. The van der Waals surface area contributed by atoms with Gasteiger partial charge in [-0.05, 0) is 143 Å². The van der Waals surface area contributed by atoms with E-state index in [0.717, 1.165) is 124 Å². The molecule has 0 unspecified atom stereocenters. The normalized spacial score (nSPS) is 16.3. The molecule has 2 saturated heterocycles. The first kappa shape index (κ1) is 75.3. The fourth-order valence-electron chi connectivity index (χ4n) is 12.9. The maximum Gasteiger partial charge on any atom is 0.240 e. The van der Waals surface area contributed by atoms with Crippen LogP contribution in [0.25, 0.3) is 17.2 Å². The monoisotopic (exact) mass is 1430 g/mol. The number of carbonyl (C=O) groups excluding carboxylic acids is 5. The average molecular weight is 1440 g/mol. The van der Waals surface area contributed by atoms with Gasteiger partial charge in [-0.3, -0.25) is 33.5 Å². The molecule has 3 aliphatic rings.